The van der Waals surface area contributed by atoms with E-state index in [-0.39, 0.29) is 12.4 Å². The van der Waals surface area contributed by atoms with E-state index < -0.39 is 0 Å². The predicted octanol–water partition coefficient (Wildman–Crippen LogP) is 3.91. The number of aromatic nitrogens is 2. The fraction of sp³-hybridized carbons (Fsp3) is 0.118. The maximum absolute atomic E-state index is 11.9. The van der Waals surface area contributed by atoms with Gasteiger partial charge in [0.25, 0.3) is 0 Å². The summed E-state index contributed by atoms with van der Waals surface area (Å²) in [7, 11) is 0. The van der Waals surface area contributed by atoms with E-state index in [1.807, 2.05) is 41.8 Å². The van der Waals surface area contributed by atoms with Gasteiger partial charge in [-0.3, -0.25) is 4.79 Å². The van der Waals surface area contributed by atoms with Gasteiger partial charge < -0.3 is 9.26 Å². The number of nitrogens with zero attached hydrogens (tertiary/aromatic N) is 2. The van der Waals surface area contributed by atoms with Crippen LogP contribution in [0.1, 0.15) is 27.0 Å². The van der Waals surface area contributed by atoms with E-state index in [1.165, 1.54) is 11.3 Å². The molecular formula is C17H14N2O3S. The van der Waals surface area contributed by atoms with E-state index in [4.69, 9.17) is 9.26 Å². The number of carbonyl (C=O) groups excluding carboxylic acids is 1. The molecule has 0 aliphatic heterocycles. The molecule has 0 aliphatic carbocycles. The van der Waals surface area contributed by atoms with Crippen LogP contribution in [0, 0.1) is 6.92 Å². The molecule has 0 radical (unpaired) electrons. The highest BCUT2D eigenvalue weighted by Crippen LogP contribution is 2.16. The molecule has 23 heavy (non-hydrogen) atoms. The van der Waals surface area contributed by atoms with E-state index in [2.05, 4.69) is 10.1 Å². The summed E-state index contributed by atoms with van der Waals surface area (Å²) in [4.78, 5) is 16.7. The number of rotatable bonds is 6. The lowest BCUT2D eigenvalue weighted by atomic mass is 10.2. The zero-order chi connectivity index (χ0) is 16.1. The summed E-state index contributed by atoms with van der Waals surface area (Å²) in [5, 5.41) is 5.65. The molecule has 0 saturated carbocycles. The Morgan fingerprint density at radius 3 is 2.78 bits per heavy atom. The van der Waals surface area contributed by atoms with Crippen LogP contribution >= 0.6 is 11.3 Å². The Hall–Kier alpha value is -2.73. The van der Waals surface area contributed by atoms with Crippen molar-refractivity contribution in [1.29, 1.82) is 0 Å². The summed E-state index contributed by atoms with van der Waals surface area (Å²) in [5.74, 6) is 1.73. The summed E-state index contributed by atoms with van der Waals surface area (Å²) in [6.45, 7) is 1.98. The molecule has 0 atom stereocenters. The highest BCUT2D eigenvalue weighted by Gasteiger charge is 2.04. The Kier molecular flexibility index (Phi) is 4.63. The van der Waals surface area contributed by atoms with E-state index in [1.54, 1.807) is 19.1 Å². The van der Waals surface area contributed by atoms with Crippen LogP contribution in [0.25, 0.3) is 6.08 Å². The Morgan fingerprint density at radius 1 is 1.30 bits per heavy atom. The van der Waals surface area contributed by atoms with Crippen LogP contribution in [0.4, 0.5) is 0 Å². The maximum atomic E-state index is 11.9. The minimum atomic E-state index is 0.00722. The minimum Gasteiger partial charge on any atom is -0.485 e. The molecule has 3 aromatic rings. The van der Waals surface area contributed by atoms with E-state index in [9.17, 15) is 4.79 Å². The Morgan fingerprint density at radius 2 is 2.13 bits per heavy atom. The topological polar surface area (TPSA) is 65.2 Å². The van der Waals surface area contributed by atoms with Crippen LogP contribution in [0.5, 0.6) is 5.75 Å². The SMILES string of the molecule is Cc1nc(COc2ccc(/C=C\C(=O)c3cccs3)cc2)no1. The third-order valence-electron chi connectivity index (χ3n) is 3.01. The second-order valence-electron chi connectivity index (χ2n) is 4.76. The average molecular weight is 326 g/mol. The Labute approximate surface area is 137 Å². The third kappa shape index (κ3) is 4.14. The van der Waals surface area contributed by atoms with Crippen molar-refractivity contribution in [3.8, 4) is 5.75 Å². The molecule has 0 unspecified atom stereocenters. The van der Waals surface area contributed by atoms with Crippen molar-refractivity contribution < 1.29 is 14.1 Å². The Bertz CT molecular complexity index is 805. The second-order valence-corrected chi connectivity index (χ2v) is 5.71. The second kappa shape index (κ2) is 7.02. The van der Waals surface area contributed by atoms with E-state index in [0.717, 1.165) is 10.4 Å². The van der Waals surface area contributed by atoms with Crippen molar-refractivity contribution >= 4 is 23.2 Å². The lowest BCUT2D eigenvalue weighted by Crippen LogP contribution is -1.97. The standard InChI is InChI=1S/C17H14N2O3S/c1-12-18-17(19-22-12)11-21-14-7-4-13(5-8-14)6-9-15(20)16-3-2-10-23-16/h2-10H,11H2,1H3/b9-6-. The van der Waals surface area contributed by atoms with Crippen molar-refractivity contribution in [1.82, 2.24) is 10.1 Å². The number of allylic oxidation sites excluding steroid dienone is 1. The quantitative estimate of drug-likeness (QED) is 0.507. The summed E-state index contributed by atoms with van der Waals surface area (Å²) in [5.41, 5.74) is 0.928. The number of thiophene rings is 1. The van der Waals surface area contributed by atoms with Crippen molar-refractivity contribution in [3.63, 3.8) is 0 Å². The van der Waals surface area contributed by atoms with Crippen LogP contribution in [0.2, 0.25) is 0 Å². The van der Waals surface area contributed by atoms with Gasteiger partial charge in [0.2, 0.25) is 11.7 Å². The zero-order valence-electron chi connectivity index (χ0n) is 12.4. The fourth-order valence-electron chi connectivity index (χ4n) is 1.90. The van der Waals surface area contributed by atoms with Crippen LogP contribution in [0.3, 0.4) is 0 Å². The number of ketones is 1. The largest absolute Gasteiger partial charge is 0.485 e. The van der Waals surface area contributed by atoms with Gasteiger partial charge in [-0.15, -0.1) is 11.3 Å². The van der Waals surface area contributed by atoms with E-state index in [0.29, 0.717) is 17.5 Å². The summed E-state index contributed by atoms with van der Waals surface area (Å²) in [6, 6.07) is 11.1. The van der Waals surface area contributed by atoms with Gasteiger partial charge in [-0.05, 0) is 35.2 Å². The molecule has 6 heteroatoms. The molecule has 0 spiro atoms. The number of carbonyl (C=O) groups is 1. The molecule has 0 bridgehead atoms. The van der Waals surface area contributed by atoms with Gasteiger partial charge in [0.1, 0.15) is 5.75 Å². The summed E-state index contributed by atoms with van der Waals surface area (Å²) >= 11 is 1.43. The first-order chi connectivity index (χ1) is 11.2. The number of benzene rings is 1. The molecule has 0 amide bonds. The Balaban J connectivity index is 1.57. The molecule has 2 aromatic heterocycles. The van der Waals surface area contributed by atoms with Gasteiger partial charge in [-0.2, -0.15) is 4.98 Å². The molecular weight excluding hydrogens is 312 g/mol. The highest BCUT2D eigenvalue weighted by molar-refractivity contribution is 7.12. The van der Waals surface area contributed by atoms with Crippen molar-refractivity contribution in [2.24, 2.45) is 0 Å². The molecule has 5 nitrogen and oxygen atoms in total. The van der Waals surface area contributed by atoms with Gasteiger partial charge in [-0.25, -0.2) is 0 Å². The molecule has 116 valence electrons. The summed E-state index contributed by atoms with van der Waals surface area (Å²) in [6.07, 6.45) is 3.36. The van der Waals surface area contributed by atoms with Crippen molar-refractivity contribution in [2.75, 3.05) is 0 Å². The van der Waals surface area contributed by atoms with E-state index >= 15 is 0 Å². The van der Waals surface area contributed by atoms with Gasteiger partial charge in [0.15, 0.2) is 12.4 Å². The van der Waals surface area contributed by atoms with Crippen LogP contribution in [0.15, 0.2) is 52.4 Å². The first-order valence-electron chi connectivity index (χ1n) is 6.99. The molecule has 1 aromatic carbocycles. The number of hydrogen-bond donors (Lipinski definition) is 0. The smallest absolute Gasteiger partial charge is 0.223 e. The zero-order valence-corrected chi connectivity index (χ0v) is 13.2. The monoisotopic (exact) mass is 326 g/mol. The molecule has 0 fully saturated rings. The highest BCUT2D eigenvalue weighted by atomic mass is 32.1. The number of ether oxygens (including phenoxy) is 1. The lowest BCUT2D eigenvalue weighted by molar-refractivity contribution is 0.105. The minimum absolute atomic E-state index is 0.00722. The van der Waals surface area contributed by atoms with Gasteiger partial charge >= 0.3 is 0 Å². The lowest BCUT2D eigenvalue weighted by Gasteiger charge is -2.03. The molecule has 0 aliphatic rings. The maximum Gasteiger partial charge on any atom is 0.223 e. The van der Waals surface area contributed by atoms with Crippen LogP contribution in [-0.2, 0) is 6.61 Å². The van der Waals surface area contributed by atoms with Crippen molar-refractivity contribution in [3.05, 3.63) is 70.0 Å². The molecule has 0 N–H and O–H groups in total. The molecule has 3 rings (SSSR count). The first-order valence-corrected chi connectivity index (χ1v) is 7.86. The average Bonchev–Trinajstić information content (AvgIpc) is 3.23. The van der Waals surface area contributed by atoms with Gasteiger partial charge in [-0.1, -0.05) is 29.4 Å². The van der Waals surface area contributed by atoms with Gasteiger partial charge in [0, 0.05) is 6.92 Å². The summed E-state index contributed by atoms with van der Waals surface area (Å²) < 4.78 is 10.4. The predicted molar refractivity (Wildman–Crippen MR) is 87.5 cm³/mol. The number of aryl methyl sites for hydroxylation is 1. The van der Waals surface area contributed by atoms with Crippen LogP contribution in [-0.4, -0.2) is 15.9 Å². The number of hydrogen-bond acceptors (Lipinski definition) is 6. The van der Waals surface area contributed by atoms with Crippen LogP contribution < -0.4 is 4.74 Å². The fourth-order valence-corrected chi connectivity index (χ4v) is 2.54. The molecule has 2 heterocycles. The normalized spacial score (nSPS) is 11.0. The molecule has 0 saturated heterocycles. The van der Waals surface area contributed by atoms with Crippen molar-refractivity contribution in [2.45, 2.75) is 13.5 Å². The first kappa shape index (κ1) is 15.2. The third-order valence-corrected chi connectivity index (χ3v) is 3.89. The van der Waals surface area contributed by atoms with Gasteiger partial charge in [0.05, 0.1) is 4.88 Å².